The van der Waals surface area contributed by atoms with Crippen LogP contribution < -0.4 is 5.32 Å². The smallest absolute Gasteiger partial charge is 0.224 e. The molecule has 0 saturated carbocycles. The monoisotopic (exact) mass is 291 g/mol. The van der Waals surface area contributed by atoms with Crippen LogP contribution in [0.1, 0.15) is 19.3 Å². The summed E-state index contributed by atoms with van der Waals surface area (Å²) < 4.78 is 26.0. The second-order valence-corrected chi connectivity index (χ2v) is 4.09. The lowest BCUT2D eigenvalue weighted by atomic mass is 10.2. The molecule has 0 unspecified atom stereocenters. The van der Waals surface area contributed by atoms with Crippen molar-refractivity contribution in [1.82, 2.24) is 0 Å². The average molecular weight is 292 g/mol. The van der Waals surface area contributed by atoms with Gasteiger partial charge in [-0.2, -0.15) is 0 Å². The van der Waals surface area contributed by atoms with Crippen LogP contribution in [0, 0.1) is 11.6 Å². The second-order valence-electron chi connectivity index (χ2n) is 3.30. The predicted molar refractivity (Wildman–Crippen MR) is 62.6 cm³/mol. The Morgan fingerprint density at radius 3 is 2.75 bits per heavy atom. The molecule has 88 valence electrons. The lowest BCUT2D eigenvalue weighted by Crippen LogP contribution is -2.12. The summed E-state index contributed by atoms with van der Waals surface area (Å²) in [5, 5.41) is 3.17. The fraction of sp³-hybridized carbons (Fsp3) is 0.364. The minimum Gasteiger partial charge on any atom is -0.324 e. The molecule has 0 aliphatic heterocycles. The number of anilines is 1. The molecule has 1 rings (SSSR count). The van der Waals surface area contributed by atoms with Gasteiger partial charge in [-0.1, -0.05) is 22.0 Å². The summed E-state index contributed by atoms with van der Waals surface area (Å²) in [6.07, 6.45) is 1.90. The maximum Gasteiger partial charge on any atom is 0.224 e. The van der Waals surface area contributed by atoms with Gasteiger partial charge in [-0.3, -0.25) is 4.79 Å². The van der Waals surface area contributed by atoms with Crippen LogP contribution >= 0.6 is 15.9 Å². The summed E-state index contributed by atoms with van der Waals surface area (Å²) in [4.78, 5) is 11.3. The van der Waals surface area contributed by atoms with E-state index in [4.69, 9.17) is 0 Å². The minimum atomic E-state index is -1.02. The van der Waals surface area contributed by atoms with Gasteiger partial charge in [0.05, 0.1) is 5.69 Å². The number of rotatable bonds is 5. The van der Waals surface area contributed by atoms with E-state index >= 15 is 0 Å². The van der Waals surface area contributed by atoms with Gasteiger partial charge < -0.3 is 5.32 Å². The number of amides is 1. The predicted octanol–water partition coefficient (Wildman–Crippen LogP) is 3.47. The van der Waals surface area contributed by atoms with E-state index in [2.05, 4.69) is 21.2 Å². The van der Waals surface area contributed by atoms with E-state index in [1.54, 1.807) is 0 Å². The largest absolute Gasteiger partial charge is 0.324 e. The standard InChI is InChI=1S/C11H12BrF2NO/c12-7-2-1-6-10(16)15-9-5-3-4-8(13)11(9)14/h3-5H,1-2,6-7H2,(H,15,16). The number of hydrogen-bond donors (Lipinski definition) is 1. The Hall–Kier alpha value is -0.970. The lowest BCUT2D eigenvalue weighted by molar-refractivity contribution is -0.116. The molecule has 5 heteroatoms. The third-order valence-corrected chi connectivity index (χ3v) is 2.57. The van der Waals surface area contributed by atoms with E-state index in [9.17, 15) is 13.6 Å². The summed E-state index contributed by atoms with van der Waals surface area (Å²) >= 11 is 3.25. The minimum absolute atomic E-state index is 0.108. The zero-order valence-electron chi connectivity index (χ0n) is 8.60. The SMILES string of the molecule is O=C(CCCCBr)Nc1cccc(F)c1F. The zero-order valence-corrected chi connectivity index (χ0v) is 10.2. The van der Waals surface area contributed by atoms with Gasteiger partial charge >= 0.3 is 0 Å². The second kappa shape index (κ2) is 6.58. The van der Waals surface area contributed by atoms with Gasteiger partial charge in [-0.15, -0.1) is 0 Å². The third-order valence-electron chi connectivity index (χ3n) is 2.01. The molecule has 1 aromatic rings. The van der Waals surface area contributed by atoms with Crippen molar-refractivity contribution in [3.05, 3.63) is 29.8 Å². The van der Waals surface area contributed by atoms with Gasteiger partial charge in [-0.25, -0.2) is 8.78 Å². The highest BCUT2D eigenvalue weighted by molar-refractivity contribution is 9.09. The third kappa shape index (κ3) is 3.89. The van der Waals surface area contributed by atoms with Crippen molar-refractivity contribution in [3.8, 4) is 0 Å². The van der Waals surface area contributed by atoms with Crippen LogP contribution in [0.3, 0.4) is 0 Å². The number of alkyl halides is 1. The van der Waals surface area contributed by atoms with Gasteiger partial charge in [0.15, 0.2) is 11.6 Å². The van der Waals surface area contributed by atoms with Crippen LogP contribution in [0.25, 0.3) is 0 Å². The molecule has 0 atom stereocenters. The zero-order chi connectivity index (χ0) is 12.0. The Balaban J connectivity index is 2.53. The van der Waals surface area contributed by atoms with Crippen molar-refractivity contribution < 1.29 is 13.6 Å². The molecule has 0 aliphatic carbocycles. The van der Waals surface area contributed by atoms with Crippen LogP contribution in [-0.2, 0) is 4.79 Å². The molecule has 0 spiro atoms. The van der Waals surface area contributed by atoms with Crippen LogP contribution in [0.2, 0.25) is 0 Å². The fourth-order valence-corrected chi connectivity index (χ4v) is 1.59. The number of carbonyl (C=O) groups is 1. The van der Waals surface area contributed by atoms with E-state index in [-0.39, 0.29) is 11.6 Å². The van der Waals surface area contributed by atoms with Gasteiger partial charge in [0.2, 0.25) is 5.91 Å². The first-order chi connectivity index (χ1) is 7.65. The Morgan fingerprint density at radius 2 is 2.06 bits per heavy atom. The van der Waals surface area contributed by atoms with Crippen molar-refractivity contribution >= 4 is 27.5 Å². The van der Waals surface area contributed by atoms with E-state index in [0.717, 1.165) is 17.8 Å². The normalized spacial score (nSPS) is 10.2. The van der Waals surface area contributed by atoms with Crippen molar-refractivity contribution in [2.45, 2.75) is 19.3 Å². The molecule has 0 fully saturated rings. The number of benzene rings is 1. The van der Waals surface area contributed by atoms with Crippen LogP contribution in [0.4, 0.5) is 14.5 Å². The molecular weight excluding hydrogens is 280 g/mol. The summed E-state index contributed by atoms with van der Waals surface area (Å²) in [5.74, 6) is -2.28. The highest BCUT2D eigenvalue weighted by Crippen LogP contribution is 2.16. The summed E-state index contributed by atoms with van der Waals surface area (Å²) in [7, 11) is 0. The van der Waals surface area contributed by atoms with E-state index in [0.29, 0.717) is 12.8 Å². The number of unbranched alkanes of at least 4 members (excludes halogenated alkanes) is 1. The molecule has 0 heterocycles. The van der Waals surface area contributed by atoms with Gasteiger partial charge in [-0.05, 0) is 25.0 Å². The highest BCUT2D eigenvalue weighted by Gasteiger charge is 2.09. The van der Waals surface area contributed by atoms with Crippen molar-refractivity contribution in [1.29, 1.82) is 0 Å². The van der Waals surface area contributed by atoms with E-state index < -0.39 is 11.6 Å². The van der Waals surface area contributed by atoms with E-state index in [1.807, 2.05) is 0 Å². The first-order valence-corrected chi connectivity index (χ1v) is 6.07. The van der Waals surface area contributed by atoms with Crippen molar-refractivity contribution in [2.75, 3.05) is 10.6 Å². The number of hydrogen-bond acceptors (Lipinski definition) is 1. The average Bonchev–Trinajstić information content (AvgIpc) is 2.25. The van der Waals surface area contributed by atoms with Crippen molar-refractivity contribution in [3.63, 3.8) is 0 Å². The maximum atomic E-state index is 13.2. The molecule has 0 aliphatic rings. The topological polar surface area (TPSA) is 29.1 Å². The maximum absolute atomic E-state index is 13.2. The van der Waals surface area contributed by atoms with Crippen molar-refractivity contribution in [2.24, 2.45) is 0 Å². The Kier molecular flexibility index (Phi) is 5.38. The number of halogens is 3. The van der Waals surface area contributed by atoms with Crippen LogP contribution in [-0.4, -0.2) is 11.2 Å². The molecule has 16 heavy (non-hydrogen) atoms. The molecule has 0 aromatic heterocycles. The first-order valence-electron chi connectivity index (χ1n) is 4.95. The fourth-order valence-electron chi connectivity index (χ4n) is 1.19. The Labute approximate surface area is 101 Å². The molecule has 0 saturated heterocycles. The number of carbonyl (C=O) groups excluding carboxylic acids is 1. The Bertz CT molecular complexity index is 371. The van der Waals surface area contributed by atoms with Gasteiger partial charge in [0.1, 0.15) is 0 Å². The van der Waals surface area contributed by atoms with Crippen LogP contribution in [0.15, 0.2) is 18.2 Å². The first kappa shape index (κ1) is 13.1. The van der Waals surface area contributed by atoms with E-state index in [1.165, 1.54) is 12.1 Å². The van der Waals surface area contributed by atoms with Gasteiger partial charge in [0, 0.05) is 11.8 Å². The molecule has 1 amide bonds. The highest BCUT2D eigenvalue weighted by atomic mass is 79.9. The van der Waals surface area contributed by atoms with Crippen LogP contribution in [0.5, 0.6) is 0 Å². The number of nitrogens with one attached hydrogen (secondary N) is 1. The molecule has 2 nitrogen and oxygen atoms in total. The molecule has 1 aromatic carbocycles. The molecular formula is C11H12BrF2NO. The lowest BCUT2D eigenvalue weighted by Gasteiger charge is -2.06. The summed E-state index contributed by atoms with van der Waals surface area (Å²) in [6.45, 7) is 0. The summed E-state index contributed by atoms with van der Waals surface area (Å²) in [6, 6.07) is 3.70. The summed E-state index contributed by atoms with van der Waals surface area (Å²) in [5.41, 5.74) is -0.108. The Morgan fingerprint density at radius 1 is 1.31 bits per heavy atom. The quantitative estimate of drug-likeness (QED) is 0.653. The molecule has 0 radical (unpaired) electrons. The molecule has 1 N–H and O–H groups in total. The molecule has 0 bridgehead atoms. The van der Waals surface area contributed by atoms with Gasteiger partial charge in [0.25, 0.3) is 0 Å².